The van der Waals surface area contributed by atoms with Crippen molar-refractivity contribution in [2.45, 2.75) is 25.4 Å². The highest BCUT2D eigenvalue weighted by molar-refractivity contribution is 5.92. The second-order valence-electron chi connectivity index (χ2n) is 7.06. The van der Waals surface area contributed by atoms with Crippen molar-refractivity contribution in [3.8, 4) is 11.5 Å². The zero-order chi connectivity index (χ0) is 20.1. The Labute approximate surface area is 168 Å². The first-order valence-corrected chi connectivity index (χ1v) is 9.74. The first-order valence-electron chi connectivity index (χ1n) is 9.74. The molecular weight excluding hydrogens is 371 g/mol. The van der Waals surface area contributed by atoms with Gasteiger partial charge >= 0.3 is 0 Å². The van der Waals surface area contributed by atoms with Crippen LogP contribution < -0.4 is 15.4 Å². The summed E-state index contributed by atoms with van der Waals surface area (Å²) in [5.41, 5.74) is 1.37. The van der Waals surface area contributed by atoms with Gasteiger partial charge < -0.3 is 15.4 Å². The second kappa shape index (κ2) is 8.87. The molecule has 1 amide bonds. The van der Waals surface area contributed by atoms with E-state index in [-0.39, 0.29) is 11.7 Å². The molecule has 1 atom stereocenters. The maximum Gasteiger partial charge on any atom is 0.272 e. The van der Waals surface area contributed by atoms with Crippen molar-refractivity contribution in [3.05, 3.63) is 77.9 Å². The molecule has 0 bridgehead atoms. The highest BCUT2D eigenvalue weighted by Gasteiger charge is 2.17. The smallest absolute Gasteiger partial charge is 0.272 e. The van der Waals surface area contributed by atoms with E-state index in [2.05, 4.69) is 15.7 Å². The van der Waals surface area contributed by atoms with Crippen LogP contribution in [0.2, 0.25) is 0 Å². The molecule has 4 rings (SSSR count). The number of hydrogen-bond acceptors (Lipinski definition) is 4. The molecule has 0 radical (unpaired) electrons. The monoisotopic (exact) mass is 394 g/mol. The van der Waals surface area contributed by atoms with Gasteiger partial charge in [0.15, 0.2) is 0 Å². The minimum absolute atomic E-state index is 0.195. The summed E-state index contributed by atoms with van der Waals surface area (Å²) in [5.74, 6) is 0.713. The number of amides is 1. The van der Waals surface area contributed by atoms with Crippen molar-refractivity contribution in [1.29, 1.82) is 0 Å². The Morgan fingerprint density at radius 2 is 1.86 bits per heavy atom. The summed E-state index contributed by atoms with van der Waals surface area (Å²) in [5, 5.41) is 10.7. The predicted molar refractivity (Wildman–Crippen MR) is 107 cm³/mol. The van der Waals surface area contributed by atoms with Crippen LogP contribution in [0.5, 0.6) is 11.5 Å². The van der Waals surface area contributed by atoms with E-state index in [1.807, 2.05) is 35.1 Å². The summed E-state index contributed by atoms with van der Waals surface area (Å²) in [6, 6.07) is 15.3. The number of hydrogen-bond donors (Lipinski definition) is 2. The molecule has 0 aliphatic carbocycles. The normalized spacial score (nSPS) is 16.4. The van der Waals surface area contributed by atoms with Crippen LogP contribution >= 0.6 is 0 Å². The third-order valence-electron chi connectivity index (χ3n) is 4.91. The summed E-state index contributed by atoms with van der Waals surface area (Å²) in [7, 11) is 0. The van der Waals surface area contributed by atoms with Gasteiger partial charge in [-0.25, -0.2) is 4.39 Å². The molecule has 2 heterocycles. The number of halogens is 1. The Hall–Kier alpha value is -3.19. The number of aromatic nitrogens is 2. The van der Waals surface area contributed by atoms with E-state index < -0.39 is 0 Å². The number of nitrogens with one attached hydrogen (secondary N) is 2. The van der Waals surface area contributed by atoms with Crippen LogP contribution in [0, 0.1) is 5.82 Å². The molecule has 1 saturated heterocycles. The fourth-order valence-corrected chi connectivity index (χ4v) is 3.31. The largest absolute Gasteiger partial charge is 0.457 e. The van der Waals surface area contributed by atoms with Crippen molar-refractivity contribution >= 4 is 5.91 Å². The van der Waals surface area contributed by atoms with E-state index >= 15 is 0 Å². The SMILES string of the molecule is O=C(NCc1ccc(Oc2ccc(F)cc2)cc1)c1ccn(C2CCCNC2)n1. The van der Waals surface area contributed by atoms with E-state index in [1.54, 1.807) is 18.2 Å². The van der Waals surface area contributed by atoms with Crippen LogP contribution in [0.25, 0.3) is 0 Å². The molecule has 6 nitrogen and oxygen atoms in total. The number of rotatable bonds is 6. The summed E-state index contributed by atoms with van der Waals surface area (Å²) in [6.45, 7) is 2.32. The standard InChI is InChI=1S/C22H23FN4O2/c23-17-5-9-20(10-6-17)29-19-7-3-16(4-8-19)14-25-22(28)21-11-13-27(26-21)18-2-1-12-24-15-18/h3-11,13,18,24H,1-2,12,14-15H2,(H,25,28). The number of nitrogens with zero attached hydrogens (tertiary/aromatic N) is 2. The van der Waals surface area contributed by atoms with Crippen LogP contribution in [-0.2, 0) is 6.54 Å². The number of carbonyl (C=O) groups is 1. The topological polar surface area (TPSA) is 68.2 Å². The minimum Gasteiger partial charge on any atom is -0.457 e. The van der Waals surface area contributed by atoms with Gasteiger partial charge in [-0.3, -0.25) is 9.48 Å². The van der Waals surface area contributed by atoms with Gasteiger partial charge in [0.1, 0.15) is 23.0 Å². The molecule has 0 saturated carbocycles. The summed E-state index contributed by atoms with van der Waals surface area (Å²) in [6.07, 6.45) is 4.06. The van der Waals surface area contributed by atoms with E-state index in [0.717, 1.165) is 31.5 Å². The van der Waals surface area contributed by atoms with Gasteiger partial charge in [-0.05, 0) is 67.4 Å². The molecule has 150 valence electrons. The van der Waals surface area contributed by atoms with Crippen molar-refractivity contribution in [1.82, 2.24) is 20.4 Å². The zero-order valence-corrected chi connectivity index (χ0v) is 16.0. The molecule has 2 aromatic carbocycles. The van der Waals surface area contributed by atoms with Crippen LogP contribution in [0.15, 0.2) is 60.8 Å². The minimum atomic E-state index is -0.302. The molecule has 29 heavy (non-hydrogen) atoms. The number of carbonyl (C=O) groups excluding carboxylic acids is 1. The Balaban J connectivity index is 1.30. The molecule has 7 heteroatoms. The van der Waals surface area contributed by atoms with Gasteiger partial charge in [0.05, 0.1) is 6.04 Å². The Kier molecular flexibility index (Phi) is 5.86. The van der Waals surface area contributed by atoms with Crippen molar-refractivity contribution in [2.75, 3.05) is 13.1 Å². The van der Waals surface area contributed by atoms with Gasteiger partial charge in [-0.15, -0.1) is 0 Å². The maximum absolute atomic E-state index is 12.9. The summed E-state index contributed by atoms with van der Waals surface area (Å²) < 4.78 is 20.5. The zero-order valence-electron chi connectivity index (χ0n) is 16.0. The number of benzene rings is 2. The number of piperidine rings is 1. The van der Waals surface area contributed by atoms with E-state index in [9.17, 15) is 9.18 Å². The average molecular weight is 394 g/mol. The molecule has 1 aliphatic rings. The molecular formula is C22H23FN4O2. The fourth-order valence-electron chi connectivity index (χ4n) is 3.31. The van der Waals surface area contributed by atoms with Gasteiger partial charge in [0.2, 0.25) is 0 Å². The van der Waals surface area contributed by atoms with Crippen molar-refractivity contribution < 1.29 is 13.9 Å². The quantitative estimate of drug-likeness (QED) is 0.669. The van der Waals surface area contributed by atoms with E-state index in [1.165, 1.54) is 12.1 Å². The highest BCUT2D eigenvalue weighted by atomic mass is 19.1. The average Bonchev–Trinajstić information content (AvgIpc) is 3.26. The van der Waals surface area contributed by atoms with Gasteiger partial charge in [0.25, 0.3) is 5.91 Å². The lowest BCUT2D eigenvalue weighted by Gasteiger charge is -2.22. The van der Waals surface area contributed by atoms with Gasteiger partial charge in [0, 0.05) is 19.3 Å². The van der Waals surface area contributed by atoms with E-state index in [0.29, 0.717) is 29.8 Å². The van der Waals surface area contributed by atoms with Crippen molar-refractivity contribution in [2.24, 2.45) is 0 Å². The molecule has 1 fully saturated rings. The number of ether oxygens (including phenoxy) is 1. The lowest BCUT2D eigenvalue weighted by atomic mass is 10.1. The summed E-state index contributed by atoms with van der Waals surface area (Å²) in [4.78, 5) is 12.4. The lowest BCUT2D eigenvalue weighted by molar-refractivity contribution is 0.0944. The lowest BCUT2D eigenvalue weighted by Crippen LogP contribution is -2.32. The summed E-state index contributed by atoms with van der Waals surface area (Å²) >= 11 is 0. The van der Waals surface area contributed by atoms with Crippen LogP contribution in [0.4, 0.5) is 4.39 Å². The maximum atomic E-state index is 12.9. The molecule has 3 aromatic rings. The van der Waals surface area contributed by atoms with Crippen molar-refractivity contribution in [3.63, 3.8) is 0 Å². The Bertz CT molecular complexity index is 948. The van der Waals surface area contributed by atoms with Crippen LogP contribution in [0.1, 0.15) is 34.9 Å². The Morgan fingerprint density at radius 3 is 2.55 bits per heavy atom. The van der Waals surface area contributed by atoms with Crippen LogP contribution in [-0.4, -0.2) is 28.8 Å². The first-order chi connectivity index (χ1) is 14.2. The van der Waals surface area contributed by atoms with E-state index in [4.69, 9.17) is 4.74 Å². The molecule has 0 spiro atoms. The molecule has 1 unspecified atom stereocenters. The molecule has 1 aliphatic heterocycles. The fraction of sp³-hybridized carbons (Fsp3) is 0.273. The highest BCUT2D eigenvalue weighted by Crippen LogP contribution is 2.22. The van der Waals surface area contributed by atoms with Gasteiger partial charge in [-0.2, -0.15) is 5.10 Å². The third-order valence-corrected chi connectivity index (χ3v) is 4.91. The first kappa shape index (κ1) is 19.1. The molecule has 2 N–H and O–H groups in total. The third kappa shape index (κ3) is 5.00. The van der Waals surface area contributed by atoms with Gasteiger partial charge in [-0.1, -0.05) is 12.1 Å². The molecule has 1 aromatic heterocycles. The van der Waals surface area contributed by atoms with Crippen LogP contribution in [0.3, 0.4) is 0 Å². The Morgan fingerprint density at radius 1 is 1.14 bits per heavy atom. The second-order valence-corrected chi connectivity index (χ2v) is 7.06. The predicted octanol–water partition coefficient (Wildman–Crippen LogP) is 3.67.